The van der Waals surface area contributed by atoms with Gasteiger partial charge in [-0.3, -0.25) is 10.1 Å². The summed E-state index contributed by atoms with van der Waals surface area (Å²) in [6.45, 7) is 0. The molecule has 0 bridgehead atoms. The normalized spacial score (nSPS) is 19.2. The summed E-state index contributed by atoms with van der Waals surface area (Å²) in [5.41, 5.74) is 9.16. The van der Waals surface area contributed by atoms with Crippen molar-refractivity contribution < 1.29 is 10.2 Å². The van der Waals surface area contributed by atoms with Crippen molar-refractivity contribution in [3.63, 3.8) is 0 Å². The first-order valence-electron chi connectivity index (χ1n) is 9.05. The summed E-state index contributed by atoms with van der Waals surface area (Å²) in [6.07, 6.45) is 3.92. The number of H-pyrrole nitrogens is 1. The zero-order valence-corrected chi connectivity index (χ0v) is 15.2. The third kappa shape index (κ3) is 3.94. The molecule has 0 aliphatic heterocycles. The predicted octanol–water partition coefficient (Wildman–Crippen LogP) is 2.13. The predicted molar refractivity (Wildman–Crippen MR) is 107 cm³/mol. The number of aromatic nitrogens is 3. The smallest absolute Gasteiger partial charge is 0.174 e. The standard InChI is InChI=1S/C21H21N5O2/c22-18(23-21-16-4-2-1-3-14(16)12-17(21)28)9-10-19-24-20(26-25-19)11-13-5-7-15(27)8-6-13/h1-10,17,21,27-28H,11-12H2,(H2,22,23)(H,24,25,26)/b10-9-. The van der Waals surface area contributed by atoms with Crippen LogP contribution < -0.4 is 5.73 Å². The minimum absolute atomic E-state index is 0.231. The second-order valence-electron chi connectivity index (χ2n) is 6.79. The van der Waals surface area contributed by atoms with E-state index in [1.54, 1.807) is 24.3 Å². The van der Waals surface area contributed by atoms with Gasteiger partial charge in [0.25, 0.3) is 0 Å². The first kappa shape index (κ1) is 17.9. The minimum atomic E-state index is -0.565. The minimum Gasteiger partial charge on any atom is -0.508 e. The Labute approximate surface area is 162 Å². The Kier molecular flexibility index (Phi) is 4.90. The van der Waals surface area contributed by atoms with Crippen LogP contribution in [0.4, 0.5) is 0 Å². The molecule has 2 atom stereocenters. The Morgan fingerprint density at radius 1 is 1.21 bits per heavy atom. The summed E-state index contributed by atoms with van der Waals surface area (Å²) in [4.78, 5) is 8.87. The SMILES string of the molecule is NC(/C=C\c1n[nH]c(Cc2ccc(O)cc2)n1)=NC1c2ccccc2CC1O. The van der Waals surface area contributed by atoms with E-state index >= 15 is 0 Å². The van der Waals surface area contributed by atoms with Crippen molar-refractivity contribution in [1.29, 1.82) is 0 Å². The molecular formula is C21H21N5O2. The molecule has 1 heterocycles. The summed E-state index contributed by atoms with van der Waals surface area (Å²) in [5, 5.41) is 26.7. The fraction of sp³-hybridized carbons (Fsp3) is 0.190. The zero-order chi connectivity index (χ0) is 19.5. The number of hydrogen-bond acceptors (Lipinski definition) is 5. The summed E-state index contributed by atoms with van der Waals surface area (Å²) in [5.74, 6) is 1.75. The Morgan fingerprint density at radius 3 is 2.82 bits per heavy atom. The number of phenolic OH excluding ortho intramolecular Hbond substituents is 1. The second-order valence-corrected chi connectivity index (χ2v) is 6.79. The molecule has 3 aromatic rings. The third-order valence-corrected chi connectivity index (χ3v) is 4.72. The number of fused-ring (bicyclic) bond motifs is 1. The van der Waals surface area contributed by atoms with E-state index in [1.165, 1.54) is 0 Å². The topological polar surface area (TPSA) is 120 Å². The molecule has 2 unspecified atom stereocenters. The quantitative estimate of drug-likeness (QED) is 0.402. The number of nitrogens with one attached hydrogen (secondary N) is 1. The number of aromatic amines is 1. The Hall–Kier alpha value is -3.45. The van der Waals surface area contributed by atoms with Crippen LogP contribution in [-0.4, -0.2) is 37.3 Å². The highest BCUT2D eigenvalue weighted by Gasteiger charge is 2.30. The number of phenols is 1. The van der Waals surface area contributed by atoms with Gasteiger partial charge in [-0.25, -0.2) is 4.98 Å². The van der Waals surface area contributed by atoms with Crippen LogP contribution in [0.5, 0.6) is 5.75 Å². The maximum Gasteiger partial charge on any atom is 0.174 e. The van der Waals surface area contributed by atoms with Crippen molar-refractivity contribution in [3.05, 3.63) is 82.9 Å². The number of aliphatic imine (C=N–C) groups is 1. The highest BCUT2D eigenvalue weighted by Crippen LogP contribution is 2.34. The van der Waals surface area contributed by atoms with Crippen molar-refractivity contribution in [2.24, 2.45) is 10.7 Å². The van der Waals surface area contributed by atoms with E-state index in [0.717, 1.165) is 16.7 Å². The van der Waals surface area contributed by atoms with Crippen LogP contribution in [0, 0.1) is 0 Å². The number of nitrogens with two attached hydrogens (primary N) is 1. The van der Waals surface area contributed by atoms with Crippen LogP contribution in [0.1, 0.15) is 34.4 Å². The first-order valence-corrected chi connectivity index (χ1v) is 9.05. The molecule has 4 rings (SSSR count). The van der Waals surface area contributed by atoms with Crippen molar-refractivity contribution in [2.45, 2.75) is 25.0 Å². The Morgan fingerprint density at radius 2 is 2.00 bits per heavy atom. The van der Waals surface area contributed by atoms with Crippen LogP contribution >= 0.6 is 0 Å². The van der Waals surface area contributed by atoms with Crippen LogP contribution in [-0.2, 0) is 12.8 Å². The van der Waals surface area contributed by atoms with Crippen LogP contribution in [0.15, 0.2) is 59.6 Å². The number of rotatable bonds is 5. The molecule has 1 aromatic heterocycles. The monoisotopic (exact) mass is 375 g/mol. The van der Waals surface area contributed by atoms with E-state index in [0.29, 0.717) is 30.3 Å². The van der Waals surface area contributed by atoms with Gasteiger partial charge in [0.15, 0.2) is 5.82 Å². The summed E-state index contributed by atoms with van der Waals surface area (Å²) in [7, 11) is 0. The number of hydrogen-bond donors (Lipinski definition) is 4. The molecule has 1 aliphatic rings. The number of amidine groups is 1. The zero-order valence-electron chi connectivity index (χ0n) is 15.2. The van der Waals surface area contributed by atoms with Gasteiger partial charge in [-0.15, -0.1) is 0 Å². The molecule has 7 nitrogen and oxygen atoms in total. The van der Waals surface area contributed by atoms with Crippen molar-refractivity contribution in [1.82, 2.24) is 15.2 Å². The van der Waals surface area contributed by atoms with E-state index in [4.69, 9.17) is 5.73 Å². The maximum atomic E-state index is 10.3. The molecule has 0 spiro atoms. The molecule has 7 heteroatoms. The summed E-state index contributed by atoms with van der Waals surface area (Å²) in [6, 6.07) is 14.5. The van der Waals surface area contributed by atoms with Crippen molar-refractivity contribution in [3.8, 4) is 5.75 Å². The number of aromatic hydroxyl groups is 1. The molecule has 0 radical (unpaired) electrons. The third-order valence-electron chi connectivity index (χ3n) is 4.72. The van der Waals surface area contributed by atoms with Gasteiger partial charge < -0.3 is 15.9 Å². The average Bonchev–Trinajstić information content (AvgIpc) is 3.26. The molecule has 5 N–H and O–H groups in total. The molecule has 0 amide bonds. The van der Waals surface area contributed by atoms with Crippen LogP contribution in [0.2, 0.25) is 0 Å². The lowest BCUT2D eigenvalue weighted by Crippen LogP contribution is -2.16. The Balaban J connectivity index is 1.43. The lowest BCUT2D eigenvalue weighted by Gasteiger charge is -2.11. The van der Waals surface area contributed by atoms with E-state index in [2.05, 4.69) is 20.2 Å². The van der Waals surface area contributed by atoms with Gasteiger partial charge in [-0.05, 0) is 41.0 Å². The molecule has 0 fully saturated rings. The molecule has 1 aliphatic carbocycles. The van der Waals surface area contributed by atoms with E-state index in [9.17, 15) is 10.2 Å². The highest BCUT2D eigenvalue weighted by atomic mass is 16.3. The number of nitrogens with zero attached hydrogens (tertiary/aromatic N) is 3. The molecule has 0 saturated carbocycles. The largest absolute Gasteiger partial charge is 0.508 e. The van der Waals surface area contributed by atoms with E-state index in [1.807, 2.05) is 36.4 Å². The van der Waals surface area contributed by atoms with E-state index < -0.39 is 6.10 Å². The van der Waals surface area contributed by atoms with Gasteiger partial charge in [-0.2, -0.15) is 5.10 Å². The molecule has 2 aromatic carbocycles. The fourth-order valence-corrected chi connectivity index (χ4v) is 3.34. The highest BCUT2D eigenvalue weighted by molar-refractivity contribution is 5.95. The molecule has 28 heavy (non-hydrogen) atoms. The van der Waals surface area contributed by atoms with Gasteiger partial charge in [0.1, 0.15) is 23.5 Å². The van der Waals surface area contributed by atoms with Gasteiger partial charge in [0.05, 0.1) is 6.10 Å². The van der Waals surface area contributed by atoms with E-state index in [-0.39, 0.29) is 11.8 Å². The van der Waals surface area contributed by atoms with Crippen LogP contribution in [0.3, 0.4) is 0 Å². The van der Waals surface area contributed by atoms with Gasteiger partial charge in [0, 0.05) is 12.8 Å². The number of aliphatic hydroxyl groups is 1. The second kappa shape index (κ2) is 7.66. The number of benzene rings is 2. The average molecular weight is 375 g/mol. The van der Waals surface area contributed by atoms with Crippen molar-refractivity contribution >= 4 is 11.9 Å². The summed E-state index contributed by atoms with van der Waals surface area (Å²) >= 11 is 0. The number of aliphatic hydroxyl groups excluding tert-OH is 1. The molecular weight excluding hydrogens is 354 g/mol. The molecule has 0 saturated heterocycles. The van der Waals surface area contributed by atoms with Crippen molar-refractivity contribution in [2.75, 3.05) is 0 Å². The maximum absolute atomic E-state index is 10.3. The lowest BCUT2D eigenvalue weighted by atomic mass is 10.1. The summed E-state index contributed by atoms with van der Waals surface area (Å²) < 4.78 is 0. The first-order chi connectivity index (χ1) is 13.6. The van der Waals surface area contributed by atoms with Gasteiger partial charge in [-0.1, -0.05) is 36.4 Å². The van der Waals surface area contributed by atoms with Gasteiger partial charge in [0.2, 0.25) is 0 Å². The van der Waals surface area contributed by atoms with Gasteiger partial charge >= 0.3 is 0 Å². The Bertz CT molecular complexity index is 1020. The lowest BCUT2D eigenvalue weighted by molar-refractivity contribution is 0.159. The van der Waals surface area contributed by atoms with Crippen LogP contribution in [0.25, 0.3) is 6.08 Å². The molecule has 142 valence electrons. The fourth-order valence-electron chi connectivity index (χ4n) is 3.34.